The van der Waals surface area contributed by atoms with E-state index in [-0.39, 0.29) is 24.4 Å². The van der Waals surface area contributed by atoms with Crippen LogP contribution in [0.3, 0.4) is 0 Å². The SMILES string of the molecule is CSCC[C@H]1C(=O)N(CC2CCCCC2)C[C@H]2N1C(=O)CN(C)N2C(=O)NCc1ccccc1. The maximum absolute atomic E-state index is 13.6. The Morgan fingerprint density at radius 3 is 2.56 bits per heavy atom. The molecule has 1 aromatic rings. The number of likely N-dealkylation sites (N-methyl/N-ethyl adjacent to an activating group) is 1. The number of benzene rings is 1. The Bertz CT molecular complexity index is 863. The Kier molecular flexibility index (Phi) is 8.37. The van der Waals surface area contributed by atoms with Crippen molar-refractivity contribution in [2.45, 2.75) is 57.3 Å². The summed E-state index contributed by atoms with van der Waals surface area (Å²) in [6.07, 6.45) is 8.12. The fraction of sp³-hybridized carbons (Fsp3) is 0.640. The molecule has 3 aliphatic rings. The summed E-state index contributed by atoms with van der Waals surface area (Å²) in [5, 5.41) is 6.36. The summed E-state index contributed by atoms with van der Waals surface area (Å²) < 4.78 is 0. The van der Waals surface area contributed by atoms with E-state index in [1.807, 2.05) is 41.5 Å². The van der Waals surface area contributed by atoms with E-state index >= 15 is 0 Å². The number of hydrogen-bond donors (Lipinski definition) is 1. The predicted octanol–water partition coefficient (Wildman–Crippen LogP) is 2.76. The first kappa shape index (κ1) is 24.9. The van der Waals surface area contributed by atoms with E-state index in [4.69, 9.17) is 0 Å². The van der Waals surface area contributed by atoms with E-state index < -0.39 is 12.2 Å². The van der Waals surface area contributed by atoms with Crippen LogP contribution >= 0.6 is 11.8 Å². The van der Waals surface area contributed by atoms with Crippen LogP contribution in [-0.2, 0) is 16.1 Å². The molecule has 9 heteroatoms. The third kappa shape index (κ3) is 5.51. The van der Waals surface area contributed by atoms with Crippen molar-refractivity contribution >= 4 is 29.6 Å². The number of piperazine rings is 1. The van der Waals surface area contributed by atoms with Crippen LogP contribution in [0.1, 0.15) is 44.1 Å². The molecule has 1 saturated carbocycles. The topological polar surface area (TPSA) is 76.2 Å². The molecule has 8 nitrogen and oxygen atoms in total. The molecule has 0 unspecified atom stereocenters. The molecule has 2 atom stereocenters. The van der Waals surface area contributed by atoms with Gasteiger partial charge in [0.2, 0.25) is 11.8 Å². The second kappa shape index (κ2) is 11.4. The van der Waals surface area contributed by atoms with Crippen molar-refractivity contribution in [3.05, 3.63) is 35.9 Å². The Balaban J connectivity index is 1.55. The molecule has 0 spiro atoms. The van der Waals surface area contributed by atoms with Crippen LogP contribution in [0.25, 0.3) is 0 Å². The molecule has 1 aliphatic carbocycles. The predicted molar refractivity (Wildman–Crippen MR) is 134 cm³/mol. The summed E-state index contributed by atoms with van der Waals surface area (Å²) >= 11 is 1.68. The molecule has 0 aromatic heterocycles. The maximum Gasteiger partial charge on any atom is 0.334 e. The van der Waals surface area contributed by atoms with E-state index in [2.05, 4.69) is 5.32 Å². The second-order valence-corrected chi connectivity index (χ2v) is 10.6. The van der Waals surface area contributed by atoms with Gasteiger partial charge in [0.05, 0.1) is 13.1 Å². The summed E-state index contributed by atoms with van der Waals surface area (Å²) in [5.41, 5.74) is 1.01. The van der Waals surface area contributed by atoms with Crippen LogP contribution in [0.15, 0.2) is 30.3 Å². The largest absolute Gasteiger partial charge is 0.337 e. The van der Waals surface area contributed by atoms with Crippen molar-refractivity contribution in [3.8, 4) is 0 Å². The van der Waals surface area contributed by atoms with Crippen molar-refractivity contribution in [2.75, 3.05) is 38.7 Å². The van der Waals surface area contributed by atoms with Crippen molar-refractivity contribution < 1.29 is 14.4 Å². The third-order valence-electron chi connectivity index (χ3n) is 7.23. The number of hydrazine groups is 1. The molecule has 4 amide bonds. The normalized spacial score (nSPS) is 24.4. The molecule has 2 saturated heterocycles. The molecule has 186 valence electrons. The van der Waals surface area contributed by atoms with Gasteiger partial charge < -0.3 is 15.1 Å². The van der Waals surface area contributed by atoms with E-state index in [1.165, 1.54) is 19.3 Å². The molecular formula is C25H37N5O3S. The van der Waals surface area contributed by atoms with E-state index in [9.17, 15) is 14.4 Å². The Labute approximate surface area is 207 Å². The first-order valence-electron chi connectivity index (χ1n) is 12.4. The smallest absolute Gasteiger partial charge is 0.334 e. The number of carbonyl (C=O) groups is 3. The molecule has 1 N–H and O–H groups in total. The average molecular weight is 488 g/mol. The Hall–Kier alpha value is -2.26. The number of nitrogens with one attached hydrogen (secondary N) is 1. The summed E-state index contributed by atoms with van der Waals surface area (Å²) in [5.74, 6) is 1.25. The van der Waals surface area contributed by atoms with Gasteiger partial charge in [0.15, 0.2) is 0 Å². The summed E-state index contributed by atoms with van der Waals surface area (Å²) in [6, 6.07) is 9.02. The zero-order valence-corrected chi connectivity index (χ0v) is 21.1. The van der Waals surface area contributed by atoms with Crippen molar-refractivity contribution in [2.24, 2.45) is 5.92 Å². The van der Waals surface area contributed by atoms with Crippen LogP contribution in [0, 0.1) is 5.92 Å². The highest BCUT2D eigenvalue weighted by Crippen LogP contribution is 2.31. The number of rotatable bonds is 7. The minimum absolute atomic E-state index is 0.0402. The Morgan fingerprint density at radius 1 is 1.12 bits per heavy atom. The third-order valence-corrected chi connectivity index (χ3v) is 7.88. The minimum Gasteiger partial charge on any atom is -0.337 e. The summed E-state index contributed by atoms with van der Waals surface area (Å²) in [4.78, 5) is 43.7. The van der Waals surface area contributed by atoms with Crippen LogP contribution in [0.2, 0.25) is 0 Å². The molecular weight excluding hydrogens is 450 g/mol. The van der Waals surface area contributed by atoms with E-state index in [0.29, 0.717) is 25.4 Å². The highest BCUT2D eigenvalue weighted by atomic mass is 32.2. The van der Waals surface area contributed by atoms with Gasteiger partial charge in [-0.1, -0.05) is 49.6 Å². The lowest BCUT2D eigenvalue weighted by molar-refractivity contribution is -0.187. The monoisotopic (exact) mass is 487 g/mol. The fourth-order valence-electron chi connectivity index (χ4n) is 5.51. The van der Waals surface area contributed by atoms with Gasteiger partial charge in [-0.2, -0.15) is 11.8 Å². The van der Waals surface area contributed by atoms with Gasteiger partial charge in [0.1, 0.15) is 12.2 Å². The number of carbonyl (C=O) groups excluding carboxylic acids is 3. The van der Waals surface area contributed by atoms with Crippen molar-refractivity contribution in [1.82, 2.24) is 25.1 Å². The van der Waals surface area contributed by atoms with Crippen LogP contribution < -0.4 is 5.32 Å². The average Bonchev–Trinajstić information content (AvgIpc) is 2.84. The first-order valence-corrected chi connectivity index (χ1v) is 13.8. The molecule has 34 heavy (non-hydrogen) atoms. The van der Waals surface area contributed by atoms with E-state index in [0.717, 1.165) is 30.7 Å². The van der Waals surface area contributed by atoms with E-state index in [1.54, 1.807) is 33.7 Å². The quantitative estimate of drug-likeness (QED) is 0.640. The van der Waals surface area contributed by atoms with Gasteiger partial charge in [-0.25, -0.2) is 14.8 Å². The zero-order valence-electron chi connectivity index (χ0n) is 20.3. The number of hydrogen-bond acceptors (Lipinski definition) is 5. The van der Waals surface area contributed by atoms with Gasteiger partial charge in [0, 0.05) is 20.1 Å². The minimum atomic E-state index is -0.514. The Morgan fingerprint density at radius 2 is 1.85 bits per heavy atom. The molecule has 4 rings (SSSR count). The highest BCUT2D eigenvalue weighted by Gasteiger charge is 2.50. The molecule has 1 aromatic carbocycles. The second-order valence-electron chi connectivity index (χ2n) is 9.63. The number of fused-ring (bicyclic) bond motifs is 1. The van der Waals surface area contributed by atoms with Crippen LogP contribution in [-0.4, -0.2) is 88.6 Å². The molecule has 2 aliphatic heterocycles. The van der Waals surface area contributed by atoms with Crippen molar-refractivity contribution in [3.63, 3.8) is 0 Å². The van der Waals surface area contributed by atoms with Gasteiger partial charge in [-0.15, -0.1) is 0 Å². The van der Waals surface area contributed by atoms with Gasteiger partial charge in [-0.3, -0.25) is 9.59 Å². The lowest BCUT2D eigenvalue weighted by Crippen LogP contribution is -2.76. The number of urea groups is 1. The first-order chi connectivity index (χ1) is 16.5. The number of nitrogens with zero attached hydrogens (tertiary/aromatic N) is 4. The summed E-state index contributed by atoms with van der Waals surface area (Å²) in [6.45, 7) is 1.57. The summed E-state index contributed by atoms with van der Waals surface area (Å²) in [7, 11) is 1.77. The fourth-order valence-corrected chi connectivity index (χ4v) is 5.97. The molecule has 3 fully saturated rings. The van der Waals surface area contributed by atoms with Crippen LogP contribution in [0.4, 0.5) is 4.79 Å². The maximum atomic E-state index is 13.6. The zero-order chi connectivity index (χ0) is 24.1. The van der Waals surface area contributed by atoms with Crippen molar-refractivity contribution in [1.29, 1.82) is 0 Å². The molecule has 0 bridgehead atoms. The van der Waals surface area contributed by atoms with Gasteiger partial charge >= 0.3 is 6.03 Å². The lowest BCUT2D eigenvalue weighted by atomic mass is 9.88. The van der Waals surface area contributed by atoms with Gasteiger partial charge in [-0.05, 0) is 42.8 Å². The van der Waals surface area contributed by atoms with Crippen LogP contribution in [0.5, 0.6) is 0 Å². The lowest BCUT2D eigenvalue weighted by Gasteiger charge is -2.54. The van der Waals surface area contributed by atoms with Gasteiger partial charge in [0.25, 0.3) is 0 Å². The molecule has 0 radical (unpaired) electrons. The molecule has 2 heterocycles. The number of thioether (sulfide) groups is 1. The highest BCUT2D eigenvalue weighted by molar-refractivity contribution is 7.98. The number of amides is 4. The standard InChI is InChI=1S/C25H37N5O3S/c1-27-18-23(31)29-21(13-14-34-2)24(32)28(16-20-11-7-4-8-12-20)17-22(29)30(27)25(33)26-15-19-9-5-3-6-10-19/h3,5-6,9-10,20-22H,4,7-8,11-18H2,1-2H3,(H,26,33)/t21-,22-/m0/s1.